The van der Waals surface area contributed by atoms with Crippen LogP contribution in [0.1, 0.15) is 52.0 Å². The van der Waals surface area contributed by atoms with Crippen molar-refractivity contribution >= 4 is 29.0 Å². The van der Waals surface area contributed by atoms with Crippen LogP contribution in [0, 0.1) is 6.92 Å². The fourth-order valence-corrected chi connectivity index (χ4v) is 5.81. The van der Waals surface area contributed by atoms with Gasteiger partial charge >= 0.3 is 5.97 Å². The Morgan fingerprint density at radius 1 is 1.05 bits per heavy atom. The molecular formula is C30H33N7O3. The summed E-state index contributed by atoms with van der Waals surface area (Å²) in [6.45, 7) is 7.48. The molecule has 0 bridgehead atoms. The number of amides is 1. The number of anilines is 2. The summed E-state index contributed by atoms with van der Waals surface area (Å²) in [6, 6.07) is 18.0. The molecule has 1 unspecified atom stereocenters. The Balaban J connectivity index is 1.14. The molecule has 40 heavy (non-hydrogen) atoms. The van der Waals surface area contributed by atoms with Crippen LogP contribution in [0.4, 0.5) is 11.5 Å². The fourth-order valence-electron chi connectivity index (χ4n) is 5.81. The smallest absolute Gasteiger partial charge is 0.356 e. The second-order valence-electron chi connectivity index (χ2n) is 11.0. The first kappa shape index (κ1) is 25.8. The molecule has 2 aliphatic heterocycles. The summed E-state index contributed by atoms with van der Waals surface area (Å²) in [5.41, 5.74) is 4.43. The lowest BCUT2D eigenvalue weighted by atomic mass is 9.82. The monoisotopic (exact) mass is 539 g/mol. The average Bonchev–Trinajstić information content (AvgIpc) is 3.72. The van der Waals surface area contributed by atoms with E-state index in [0.29, 0.717) is 24.6 Å². The number of carbonyl (C=O) groups excluding carboxylic acids is 2. The number of hydrogen-bond acceptors (Lipinski definition) is 8. The summed E-state index contributed by atoms with van der Waals surface area (Å²) in [4.78, 5) is 38.4. The van der Waals surface area contributed by atoms with Gasteiger partial charge in [0.05, 0.1) is 19.0 Å². The van der Waals surface area contributed by atoms with E-state index in [4.69, 9.17) is 4.74 Å². The van der Waals surface area contributed by atoms with Crippen molar-refractivity contribution in [3.63, 3.8) is 0 Å². The fraction of sp³-hybridized carbons (Fsp3) is 0.367. The molecule has 5 heterocycles. The molecule has 3 aromatic heterocycles. The highest BCUT2D eigenvalue weighted by Crippen LogP contribution is 2.36. The van der Waals surface area contributed by atoms with Gasteiger partial charge in [0, 0.05) is 37.6 Å². The van der Waals surface area contributed by atoms with Gasteiger partial charge in [0.1, 0.15) is 5.82 Å². The number of fused-ring (bicyclic) bond motifs is 1. The first-order valence-electron chi connectivity index (χ1n) is 13.6. The molecule has 2 aliphatic rings. The van der Waals surface area contributed by atoms with Gasteiger partial charge in [-0.3, -0.25) is 4.79 Å². The van der Waals surface area contributed by atoms with Crippen LogP contribution in [0.15, 0.2) is 60.8 Å². The topological polar surface area (TPSA) is 105 Å². The minimum atomic E-state index is -0.475. The molecule has 1 amide bonds. The zero-order valence-electron chi connectivity index (χ0n) is 23.0. The van der Waals surface area contributed by atoms with Crippen LogP contribution in [-0.4, -0.2) is 70.8 Å². The molecule has 10 heteroatoms. The Labute approximate surface area is 233 Å². The predicted molar refractivity (Wildman–Crippen MR) is 152 cm³/mol. The van der Waals surface area contributed by atoms with Gasteiger partial charge in [-0.2, -0.15) is 0 Å². The summed E-state index contributed by atoms with van der Waals surface area (Å²) >= 11 is 0. The number of rotatable bonds is 6. The van der Waals surface area contributed by atoms with E-state index in [0.717, 1.165) is 37.2 Å². The number of methoxy groups -OCH3 is 1. The van der Waals surface area contributed by atoms with E-state index in [2.05, 4.69) is 68.6 Å². The van der Waals surface area contributed by atoms with E-state index in [1.807, 2.05) is 24.1 Å². The van der Waals surface area contributed by atoms with E-state index >= 15 is 0 Å². The maximum atomic E-state index is 13.1. The van der Waals surface area contributed by atoms with Gasteiger partial charge in [0.25, 0.3) is 5.91 Å². The molecule has 1 aromatic carbocycles. The lowest BCUT2D eigenvalue weighted by Crippen LogP contribution is -2.37. The van der Waals surface area contributed by atoms with E-state index in [1.54, 1.807) is 16.6 Å². The second kappa shape index (κ2) is 10.3. The minimum absolute atomic E-state index is 0.0837. The van der Waals surface area contributed by atoms with E-state index in [1.165, 1.54) is 12.7 Å². The van der Waals surface area contributed by atoms with Crippen molar-refractivity contribution in [2.24, 2.45) is 0 Å². The highest BCUT2D eigenvalue weighted by molar-refractivity contribution is 5.91. The molecule has 0 saturated carbocycles. The first-order valence-corrected chi connectivity index (χ1v) is 13.6. The largest absolute Gasteiger partial charge is 0.464 e. The zero-order chi connectivity index (χ0) is 27.9. The number of ether oxygens (including phenoxy) is 1. The number of benzene rings is 1. The van der Waals surface area contributed by atoms with Crippen LogP contribution in [0.3, 0.4) is 0 Å². The molecule has 206 valence electrons. The summed E-state index contributed by atoms with van der Waals surface area (Å²) in [6.07, 6.45) is 3.79. The van der Waals surface area contributed by atoms with Crippen molar-refractivity contribution in [3.05, 3.63) is 83.4 Å². The number of carbonyl (C=O) groups is 2. The highest BCUT2D eigenvalue weighted by Gasteiger charge is 2.35. The van der Waals surface area contributed by atoms with Crippen molar-refractivity contribution in [3.8, 4) is 0 Å². The number of esters is 1. The SMILES string of the molecule is COC(=O)c1cccc(N2CCC(NC(=O)c3nc4c(C)cc(N5CC[C@](C)(c6ccccc6)C5)cn4n3)C2)n1. The summed E-state index contributed by atoms with van der Waals surface area (Å²) in [5, 5.41) is 7.62. The Kier molecular flexibility index (Phi) is 6.61. The van der Waals surface area contributed by atoms with Gasteiger partial charge in [-0.05, 0) is 49.1 Å². The van der Waals surface area contributed by atoms with Gasteiger partial charge in [-0.25, -0.2) is 19.3 Å². The van der Waals surface area contributed by atoms with Crippen molar-refractivity contribution in [2.45, 2.75) is 38.1 Å². The number of aromatic nitrogens is 4. The molecule has 2 saturated heterocycles. The van der Waals surface area contributed by atoms with Gasteiger partial charge in [-0.15, -0.1) is 5.10 Å². The van der Waals surface area contributed by atoms with Crippen LogP contribution in [-0.2, 0) is 10.2 Å². The minimum Gasteiger partial charge on any atom is -0.464 e. The standard InChI is InChI=1S/C30H33N7O3/c1-20-16-23(36-15-13-30(2,19-36)21-8-5-4-6-9-21)18-37-27(20)33-26(34-37)28(38)31-22-12-14-35(17-22)25-11-7-10-24(32-25)29(39)40-3/h4-11,16,18,22H,12-15,17,19H2,1-3H3,(H,31,38)/t22?,30-/m0/s1. The third kappa shape index (κ3) is 4.85. The van der Waals surface area contributed by atoms with E-state index < -0.39 is 5.97 Å². The molecule has 0 aliphatic carbocycles. The molecule has 0 spiro atoms. The van der Waals surface area contributed by atoms with Crippen LogP contribution in [0.2, 0.25) is 0 Å². The Morgan fingerprint density at radius 2 is 1.88 bits per heavy atom. The molecule has 2 fully saturated rings. The van der Waals surface area contributed by atoms with E-state index in [-0.39, 0.29) is 28.9 Å². The van der Waals surface area contributed by atoms with Crippen LogP contribution in [0.5, 0.6) is 0 Å². The van der Waals surface area contributed by atoms with Crippen molar-refractivity contribution in [1.82, 2.24) is 24.9 Å². The zero-order valence-corrected chi connectivity index (χ0v) is 23.0. The quantitative estimate of drug-likeness (QED) is 0.372. The Bertz CT molecular complexity index is 1570. The number of nitrogens with one attached hydrogen (secondary N) is 1. The van der Waals surface area contributed by atoms with Gasteiger partial charge < -0.3 is 19.9 Å². The maximum Gasteiger partial charge on any atom is 0.356 e. The number of aryl methyl sites for hydroxylation is 1. The number of pyridine rings is 2. The molecular weight excluding hydrogens is 506 g/mol. The molecule has 10 nitrogen and oxygen atoms in total. The normalized spacial score (nSPS) is 20.7. The van der Waals surface area contributed by atoms with Gasteiger partial charge in [0.2, 0.25) is 5.82 Å². The summed E-state index contributed by atoms with van der Waals surface area (Å²) in [7, 11) is 1.34. The predicted octanol–water partition coefficient (Wildman–Crippen LogP) is 3.40. The summed E-state index contributed by atoms with van der Waals surface area (Å²) in [5.74, 6) is 0.0572. The summed E-state index contributed by atoms with van der Waals surface area (Å²) < 4.78 is 6.50. The highest BCUT2D eigenvalue weighted by atomic mass is 16.5. The van der Waals surface area contributed by atoms with Gasteiger partial charge in [-0.1, -0.05) is 43.3 Å². The first-order chi connectivity index (χ1) is 19.3. The second-order valence-corrected chi connectivity index (χ2v) is 11.0. The molecule has 0 radical (unpaired) electrons. The molecule has 2 atom stereocenters. The van der Waals surface area contributed by atoms with Crippen LogP contribution >= 0.6 is 0 Å². The van der Waals surface area contributed by atoms with Crippen LogP contribution in [0.25, 0.3) is 5.65 Å². The lowest BCUT2D eigenvalue weighted by molar-refractivity contribution is 0.0594. The van der Waals surface area contributed by atoms with Crippen LogP contribution < -0.4 is 15.1 Å². The van der Waals surface area contributed by atoms with Gasteiger partial charge in [0.15, 0.2) is 11.3 Å². The lowest BCUT2D eigenvalue weighted by Gasteiger charge is -2.26. The Hall–Kier alpha value is -4.47. The Morgan fingerprint density at radius 3 is 2.67 bits per heavy atom. The molecule has 4 aromatic rings. The number of nitrogens with zero attached hydrogens (tertiary/aromatic N) is 6. The maximum absolute atomic E-state index is 13.1. The van der Waals surface area contributed by atoms with Crippen molar-refractivity contribution in [1.29, 1.82) is 0 Å². The number of hydrogen-bond donors (Lipinski definition) is 1. The third-order valence-corrected chi connectivity index (χ3v) is 8.09. The van der Waals surface area contributed by atoms with Crippen molar-refractivity contribution in [2.75, 3.05) is 43.1 Å². The molecule has 1 N–H and O–H groups in total. The van der Waals surface area contributed by atoms with Crippen molar-refractivity contribution < 1.29 is 14.3 Å². The average molecular weight is 540 g/mol. The molecule has 6 rings (SSSR count). The third-order valence-electron chi connectivity index (χ3n) is 8.09. The van der Waals surface area contributed by atoms with E-state index in [9.17, 15) is 9.59 Å².